The number of rotatable bonds is 4. The van der Waals surface area contributed by atoms with Crippen molar-refractivity contribution in [2.75, 3.05) is 12.4 Å². The molecular formula is C22H21NO3S2. The Hall–Kier alpha value is -2.28. The molecule has 2 aromatic carbocycles. The topological polar surface area (TPSA) is 58.6 Å². The Morgan fingerprint density at radius 2 is 1.89 bits per heavy atom. The molecule has 0 bridgehead atoms. The molecule has 0 saturated heterocycles. The van der Waals surface area contributed by atoms with Crippen LogP contribution < -0.4 is 10.1 Å². The van der Waals surface area contributed by atoms with Gasteiger partial charge in [0.1, 0.15) is 11.9 Å². The number of thiophene rings is 1. The highest BCUT2D eigenvalue weighted by Crippen LogP contribution is 2.44. The summed E-state index contributed by atoms with van der Waals surface area (Å²) in [7, 11) is 1.62. The first-order valence-corrected chi connectivity index (χ1v) is 10.7. The van der Waals surface area contributed by atoms with Gasteiger partial charge in [-0.2, -0.15) is 0 Å². The van der Waals surface area contributed by atoms with Gasteiger partial charge >= 0.3 is 0 Å². The van der Waals surface area contributed by atoms with Crippen molar-refractivity contribution in [3.8, 4) is 5.75 Å². The normalized spacial score (nSPS) is 18.9. The Balaban J connectivity index is 1.65. The zero-order chi connectivity index (χ0) is 19.7. The lowest BCUT2D eigenvalue weighted by Gasteiger charge is -2.19. The largest absolute Gasteiger partial charge is 0.497 e. The van der Waals surface area contributed by atoms with Crippen molar-refractivity contribution in [3.05, 3.63) is 75.5 Å². The molecule has 3 aromatic rings. The number of thioether (sulfide) groups is 1. The van der Waals surface area contributed by atoms with Gasteiger partial charge in [0.15, 0.2) is 0 Å². The van der Waals surface area contributed by atoms with E-state index in [1.165, 1.54) is 27.1 Å². The number of aliphatic hydroxyl groups excluding tert-OH is 1. The fourth-order valence-corrected chi connectivity index (χ4v) is 5.46. The number of fused-ring (bicyclic) bond motifs is 1. The van der Waals surface area contributed by atoms with E-state index in [0.717, 1.165) is 28.3 Å². The van der Waals surface area contributed by atoms with Crippen LogP contribution in [-0.4, -0.2) is 24.2 Å². The summed E-state index contributed by atoms with van der Waals surface area (Å²) in [6, 6.07) is 17.9. The summed E-state index contributed by atoms with van der Waals surface area (Å²) in [6.45, 7) is 2.11. The lowest BCUT2D eigenvalue weighted by Crippen LogP contribution is -2.30. The van der Waals surface area contributed by atoms with E-state index < -0.39 is 6.10 Å². The summed E-state index contributed by atoms with van der Waals surface area (Å²) < 4.78 is 5.21. The van der Waals surface area contributed by atoms with Crippen molar-refractivity contribution in [3.63, 3.8) is 0 Å². The molecule has 2 heterocycles. The molecule has 2 atom stereocenters. The number of amides is 1. The Bertz CT molecular complexity index is 997. The van der Waals surface area contributed by atoms with Gasteiger partial charge in [-0.1, -0.05) is 18.2 Å². The summed E-state index contributed by atoms with van der Waals surface area (Å²) in [5.74, 6) is 0.365. The molecule has 0 aliphatic carbocycles. The van der Waals surface area contributed by atoms with Crippen molar-refractivity contribution < 1.29 is 14.6 Å². The highest BCUT2D eigenvalue weighted by Gasteiger charge is 2.32. The molecule has 2 unspecified atom stereocenters. The molecule has 1 aromatic heterocycles. The van der Waals surface area contributed by atoms with Crippen LogP contribution in [0.15, 0.2) is 59.5 Å². The van der Waals surface area contributed by atoms with Crippen LogP contribution in [0, 0.1) is 6.92 Å². The van der Waals surface area contributed by atoms with Crippen molar-refractivity contribution >= 4 is 34.7 Å². The van der Waals surface area contributed by atoms with Crippen LogP contribution in [0.3, 0.4) is 0 Å². The smallest absolute Gasteiger partial charge is 0.254 e. The number of aryl methyl sites for hydroxylation is 1. The van der Waals surface area contributed by atoms with Crippen molar-refractivity contribution in [2.45, 2.75) is 29.6 Å². The van der Waals surface area contributed by atoms with Crippen LogP contribution in [0.2, 0.25) is 0 Å². The summed E-state index contributed by atoms with van der Waals surface area (Å²) in [5, 5.41) is 13.1. The SMILES string of the molecule is COc1ccc(C2Sc3cc(Cc4ccc(C)s4)ccc3NC(=O)C2O)cc1. The Kier molecular flexibility index (Phi) is 5.44. The number of ether oxygens (including phenoxy) is 1. The third kappa shape index (κ3) is 3.94. The van der Waals surface area contributed by atoms with Crippen LogP contribution in [0.5, 0.6) is 5.75 Å². The monoisotopic (exact) mass is 411 g/mol. The molecular weight excluding hydrogens is 390 g/mol. The van der Waals surface area contributed by atoms with E-state index in [0.29, 0.717) is 0 Å². The predicted molar refractivity (Wildman–Crippen MR) is 115 cm³/mol. The fraction of sp³-hybridized carbons (Fsp3) is 0.227. The van der Waals surface area contributed by atoms with Gasteiger partial charge in [-0.05, 0) is 54.4 Å². The fourth-order valence-electron chi connectivity index (χ4n) is 3.25. The molecule has 4 nitrogen and oxygen atoms in total. The van der Waals surface area contributed by atoms with Gasteiger partial charge in [0.05, 0.1) is 18.0 Å². The highest BCUT2D eigenvalue weighted by atomic mass is 32.2. The first-order valence-electron chi connectivity index (χ1n) is 9.01. The average molecular weight is 412 g/mol. The minimum absolute atomic E-state index is 0.381. The van der Waals surface area contributed by atoms with E-state index in [-0.39, 0.29) is 11.2 Å². The Morgan fingerprint density at radius 3 is 2.57 bits per heavy atom. The quantitative estimate of drug-likeness (QED) is 0.647. The molecule has 1 aliphatic rings. The maximum Gasteiger partial charge on any atom is 0.254 e. The molecule has 6 heteroatoms. The van der Waals surface area contributed by atoms with E-state index in [2.05, 4.69) is 30.4 Å². The lowest BCUT2D eigenvalue weighted by atomic mass is 10.1. The molecule has 0 spiro atoms. The van der Waals surface area contributed by atoms with Crippen molar-refractivity contribution in [1.29, 1.82) is 0 Å². The number of hydrogen-bond donors (Lipinski definition) is 2. The number of benzene rings is 2. The van der Waals surface area contributed by atoms with Gasteiger partial charge in [-0.15, -0.1) is 23.1 Å². The van der Waals surface area contributed by atoms with Crippen molar-refractivity contribution in [1.82, 2.24) is 0 Å². The van der Waals surface area contributed by atoms with E-state index >= 15 is 0 Å². The van der Waals surface area contributed by atoms with Gasteiger partial charge in [0, 0.05) is 21.1 Å². The molecule has 0 radical (unpaired) electrons. The van der Waals surface area contributed by atoms with Crippen LogP contribution in [0.4, 0.5) is 5.69 Å². The Morgan fingerprint density at radius 1 is 1.11 bits per heavy atom. The first kappa shape index (κ1) is 19.1. The van der Waals surface area contributed by atoms with Crippen LogP contribution in [0.25, 0.3) is 0 Å². The second-order valence-electron chi connectivity index (χ2n) is 6.77. The number of hydrogen-bond acceptors (Lipinski definition) is 5. The molecule has 0 saturated carbocycles. The van der Waals surface area contributed by atoms with Crippen molar-refractivity contribution in [2.24, 2.45) is 0 Å². The number of carbonyl (C=O) groups excluding carboxylic acids is 1. The molecule has 1 aliphatic heterocycles. The minimum Gasteiger partial charge on any atom is -0.497 e. The summed E-state index contributed by atoms with van der Waals surface area (Å²) in [6.07, 6.45) is -0.273. The molecule has 144 valence electrons. The van der Waals surface area contributed by atoms with Gasteiger partial charge in [-0.25, -0.2) is 0 Å². The van der Waals surface area contributed by atoms with Gasteiger partial charge in [-0.3, -0.25) is 4.79 Å². The predicted octanol–water partition coefficient (Wildman–Crippen LogP) is 4.80. The molecule has 2 N–H and O–H groups in total. The number of anilines is 1. The summed E-state index contributed by atoms with van der Waals surface area (Å²) >= 11 is 3.31. The van der Waals surface area contributed by atoms with Gasteiger partial charge in [0.2, 0.25) is 0 Å². The third-order valence-electron chi connectivity index (χ3n) is 4.73. The van der Waals surface area contributed by atoms with Crippen LogP contribution in [0.1, 0.15) is 26.1 Å². The van der Waals surface area contributed by atoms with Crippen LogP contribution >= 0.6 is 23.1 Å². The summed E-state index contributed by atoms with van der Waals surface area (Å²) in [5.41, 5.74) is 2.82. The Labute approximate surface area is 172 Å². The van der Waals surface area contributed by atoms with Gasteiger partial charge < -0.3 is 15.2 Å². The first-order chi connectivity index (χ1) is 13.5. The number of carbonyl (C=O) groups is 1. The zero-order valence-corrected chi connectivity index (χ0v) is 17.3. The third-order valence-corrected chi connectivity index (χ3v) is 7.11. The average Bonchev–Trinajstić information content (AvgIpc) is 3.06. The summed E-state index contributed by atoms with van der Waals surface area (Å²) in [4.78, 5) is 16.0. The van der Waals surface area contributed by atoms with E-state index in [1.807, 2.05) is 36.4 Å². The lowest BCUT2D eigenvalue weighted by molar-refractivity contribution is -0.124. The number of methoxy groups -OCH3 is 1. The van der Waals surface area contributed by atoms with E-state index in [4.69, 9.17) is 4.74 Å². The molecule has 0 fully saturated rings. The molecule has 4 rings (SSSR count). The molecule has 28 heavy (non-hydrogen) atoms. The standard InChI is InChI=1S/C22H21NO3S2/c1-13-3-9-17(27-13)11-14-4-10-18-19(12-14)28-21(20(24)22(25)23-18)15-5-7-16(26-2)8-6-15/h3-10,12,20-21,24H,11H2,1-2H3,(H,23,25). The highest BCUT2D eigenvalue weighted by molar-refractivity contribution is 7.99. The second-order valence-corrected chi connectivity index (χ2v) is 9.32. The zero-order valence-electron chi connectivity index (χ0n) is 15.6. The second kappa shape index (κ2) is 7.99. The van der Waals surface area contributed by atoms with E-state index in [1.54, 1.807) is 18.4 Å². The molecule has 1 amide bonds. The maximum atomic E-state index is 12.5. The number of nitrogens with one attached hydrogen (secondary N) is 1. The number of aliphatic hydroxyl groups is 1. The van der Waals surface area contributed by atoms with E-state index in [9.17, 15) is 9.90 Å². The minimum atomic E-state index is -1.13. The van der Waals surface area contributed by atoms with Gasteiger partial charge in [0.25, 0.3) is 5.91 Å². The van der Waals surface area contributed by atoms with Crippen LogP contribution in [-0.2, 0) is 11.2 Å². The maximum absolute atomic E-state index is 12.5.